The van der Waals surface area contributed by atoms with Crippen molar-refractivity contribution in [2.45, 2.75) is 11.1 Å². The Morgan fingerprint density at radius 1 is 0.935 bits per heavy atom. The van der Waals surface area contributed by atoms with E-state index in [9.17, 15) is 21.6 Å². The summed E-state index contributed by atoms with van der Waals surface area (Å²) in [5, 5.41) is 5.72. The third-order valence-corrected chi connectivity index (χ3v) is 5.51. The second-order valence-corrected chi connectivity index (χ2v) is 8.11. The zero-order chi connectivity index (χ0) is 22.6. The average Bonchev–Trinajstić information content (AvgIpc) is 2.73. The molecule has 0 spiro atoms. The third-order valence-electron chi connectivity index (χ3n) is 4.09. The molecule has 0 saturated heterocycles. The average molecular weight is 453 g/mol. The van der Waals surface area contributed by atoms with Crippen LogP contribution in [0.5, 0.6) is 5.75 Å². The molecule has 1 aromatic heterocycles. The molecule has 0 aliphatic heterocycles. The van der Waals surface area contributed by atoms with Crippen LogP contribution in [0, 0.1) is 0 Å². The van der Waals surface area contributed by atoms with Crippen LogP contribution >= 0.6 is 0 Å². The van der Waals surface area contributed by atoms with Gasteiger partial charge in [-0.1, -0.05) is 6.07 Å². The van der Waals surface area contributed by atoms with Crippen molar-refractivity contribution in [3.05, 3.63) is 60.4 Å². The monoisotopic (exact) mass is 453 g/mol. The fraction of sp³-hybridized carbons (Fsp3) is 0.158. The predicted octanol–water partition coefficient (Wildman–Crippen LogP) is 3.90. The Hall–Kier alpha value is -3.38. The predicted molar refractivity (Wildman–Crippen MR) is 109 cm³/mol. The number of ether oxygens (including phenoxy) is 1. The molecule has 0 unspecified atom stereocenters. The van der Waals surface area contributed by atoms with E-state index in [2.05, 4.69) is 25.3 Å². The fourth-order valence-electron chi connectivity index (χ4n) is 2.60. The lowest BCUT2D eigenvalue weighted by atomic mass is 10.1. The smallest absolute Gasteiger partial charge is 0.416 e. The summed E-state index contributed by atoms with van der Waals surface area (Å²) >= 11 is 0. The van der Waals surface area contributed by atoms with Crippen molar-refractivity contribution < 1.29 is 26.3 Å². The number of hydrogen-bond donors (Lipinski definition) is 3. The Balaban J connectivity index is 1.84. The number of halogens is 3. The van der Waals surface area contributed by atoms with Crippen LogP contribution in [-0.2, 0) is 16.2 Å². The topological polar surface area (TPSA) is 105 Å². The molecule has 1 heterocycles. The largest absolute Gasteiger partial charge is 0.497 e. The summed E-state index contributed by atoms with van der Waals surface area (Å²) in [6, 6.07) is 10.7. The molecule has 31 heavy (non-hydrogen) atoms. The van der Waals surface area contributed by atoms with E-state index in [1.165, 1.54) is 44.8 Å². The molecule has 2 aromatic carbocycles. The van der Waals surface area contributed by atoms with Gasteiger partial charge in [0.1, 0.15) is 23.7 Å². The van der Waals surface area contributed by atoms with Crippen molar-refractivity contribution in [3.63, 3.8) is 0 Å². The number of aromatic nitrogens is 2. The summed E-state index contributed by atoms with van der Waals surface area (Å²) < 4.78 is 70.4. The third kappa shape index (κ3) is 5.61. The molecule has 3 aromatic rings. The van der Waals surface area contributed by atoms with Gasteiger partial charge >= 0.3 is 6.18 Å². The second-order valence-electron chi connectivity index (χ2n) is 6.22. The first-order valence-corrected chi connectivity index (χ1v) is 10.2. The highest BCUT2D eigenvalue weighted by atomic mass is 32.2. The van der Waals surface area contributed by atoms with Crippen LogP contribution in [0.25, 0.3) is 0 Å². The standard InChI is InChI=1S/C19H18F3N5O3S/c1-23-31(28,29)16-5-3-4-13(9-16)26-17-10-18(25-11-24-17)27-14-6-12(19(20,21)22)7-15(8-14)30-2/h3-11,23H,1-2H3,(H2,24,25,26,27). The van der Waals surface area contributed by atoms with Crippen LogP contribution in [0.15, 0.2) is 59.8 Å². The van der Waals surface area contributed by atoms with Crippen LogP contribution in [0.3, 0.4) is 0 Å². The first-order valence-electron chi connectivity index (χ1n) is 8.77. The summed E-state index contributed by atoms with van der Waals surface area (Å²) in [6.45, 7) is 0. The van der Waals surface area contributed by atoms with E-state index in [1.54, 1.807) is 12.1 Å². The van der Waals surface area contributed by atoms with Crippen molar-refractivity contribution in [1.82, 2.24) is 14.7 Å². The van der Waals surface area contributed by atoms with Gasteiger partial charge in [0.15, 0.2) is 0 Å². The molecule has 0 amide bonds. The molecule has 164 valence electrons. The van der Waals surface area contributed by atoms with Gasteiger partial charge in [-0.3, -0.25) is 0 Å². The molecule has 3 rings (SSSR count). The summed E-state index contributed by atoms with van der Waals surface area (Å²) in [5.41, 5.74) is -0.301. The van der Waals surface area contributed by atoms with E-state index < -0.39 is 21.8 Å². The van der Waals surface area contributed by atoms with Crippen molar-refractivity contribution in [2.24, 2.45) is 0 Å². The van der Waals surface area contributed by atoms with Gasteiger partial charge in [-0.25, -0.2) is 23.1 Å². The molecule has 0 saturated carbocycles. The maximum atomic E-state index is 13.1. The number of rotatable bonds is 7. The molecule has 3 N–H and O–H groups in total. The fourth-order valence-corrected chi connectivity index (χ4v) is 3.38. The SMILES string of the molecule is CNS(=O)(=O)c1cccc(Nc2cc(Nc3cc(OC)cc(C(F)(F)F)c3)ncn2)c1. The van der Waals surface area contributed by atoms with Gasteiger partial charge in [0.2, 0.25) is 10.0 Å². The lowest BCUT2D eigenvalue weighted by Gasteiger charge is -2.13. The first-order chi connectivity index (χ1) is 14.6. The Morgan fingerprint density at radius 2 is 1.61 bits per heavy atom. The van der Waals surface area contributed by atoms with Crippen molar-refractivity contribution >= 4 is 33.0 Å². The Labute approximate surface area is 176 Å². The zero-order valence-corrected chi connectivity index (χ0v) is 17.2. The highest BCUT2D eigenvalue weighted by molar-refractivity contribution is 7.89. The molecule has 12 heteroatoms. The summed E-state index contributed by atoms with van der Waals surface area (Å²) in [6.07, 6.45) is -3.33. The Morgan fingerprint density at radius 3 is 2.23 bits per heavy atom. The highest BCUT2D eigenvalue weighted by Gasteiger charge is 2.31. The molecule has 0 radical (unpaired) electrons. The molecule has 0 fully saturated rings. The summed E-state index contributed by atoms with van der Waals surface area (Å²) in [4.78, 5) is 8.11. The number of nitrogens with one attached hydrogen (secondary N) is 3. The maximum absolute atomic E-state index is 13.1. The molecule has 0 aliphatic carbocycles. The maximum Gasteiger partial charge on any atom is 0.416 e. The minimum absolute atomic E-state index is 0.0345. The minimum atomic E-state index is -4.54. The molecular formula is C19H18F3N5O3S. The van der Waals surface area contributed by atoms with E-state index in [1.807, 2.05) is 0 Å². The Kier molecular flexibility index (Phi) is 6.32. The Bertz CT molecular complexity index is 1190. The molecule has 0 aliphatic rings. The van der Waals surface area contributed by atoms with E-state index in [0.29, 0.717) is 11.5 Å². The molecular weight excluding hydrogens is 435 g/mol. The quantitative estimate of drug-likeness (QED) is 0.498. The zero-order valence-electron chi connectivity index (χ0n) is 16.4. The number of alkyl halides is 3. The summed E-state index contributed by atoms with van der Waals surface area (Å²) in [5.74, 6) is 0.556. The lowest BCUT2D eigenvalue weighted by Crippen LogP contribution is -2.18. The lowest BCUT2D eigenvalue weighted by molar-refractivity contribution is -0.137. The minimum Gasteiger partial charge on any atom is -0.497 e. The number of anilines is 4. The molecule has 0 atom stereocenters. The van der Waals surface area contributed by atoms with Gasteiger partial charge < -0.3 is 15.4 Å². The van der Waals surface area contributed by atoms with E-state index in [0.717, 1.165) is 12.1 Å². The number of methoxy groups -OCH3 is 1. The van der Waals surface area contributed by atoms with Crippen LogP contribution in [0.2, 0.25) is 0 Å². The number of sulfonamides is 1. The first kappa shape index (κ1) is 22.3. The van der Waals surface area contributed by atoms with Crippen molar-refractivity contribution in [3.8, 4) is 5.75 Å². The van der Waals surface area contributed by atoms with Gasteiger partial charge in [-0.2, -0.15) is 13.2 Å². The molecule has 8 nitrogen and oxygen atoms in total. The van der Waals surface area contributed by atoms with Gasteiger partial charge in [0.05, 0.1) is 17.6 Å². The van der Waals surface area contributed by atoms with Crippen LogP contribution < -0.4 is 20.1 Å². The van der Waals surface area contributed by atoms with Gasteiger partial charge in [-0.15, -0.1) is 0 Å². The number of nitrogens with zero attached hydrogens (tertiary/aromatic N) is 2. The second kappa shape index (κ2) is 8.78. The van der Waals surface area contributed by atoms with Crippen LogP contribution in [0.1, 0.15) is 5.56 Å². The van der Waals surface area contributed by atoms with Gasteiger partial charge in [0.25, 0.3) is 0 Å². The normalized spacial score (nSPS) is 11.8. The summed E-state index contributed by atoms with van der Waals surface area (Å²) in [7, 11) is -1.05. The molecule has 0 bridgehead atoms. The van der Waals surface area contributed by atoms with Crippen molar-refractivity contribution in [1.29, 1.82) is 0 Å². The highest BCUT2D eigenvalue weighted by Crippen LogP contribution is 2.35. The number of hydrogen-bond acceptors (Lipinski definition) is 7. The van der Waals surface area contributed by atoms with Gasteiger partial charge in [-0.05, 0) is 37.4 Å². The van der Waals surface area contributed by atoms with E-state index in [-0.39, 0.29) is 22.2 Å². The van der Waals surface area contributed by atoms with Crippen LogP contribution in [0.4, 0.5) is 36.2 Å². The number of benzene rings is 2. The van der Waals surface area contributed by atoms with Crippen molar-refractivity contribution in [2.75, 3.05) is 24.8 Å². The van der Waals surface area contributed by atoms with E-state index >= 15 is 0 Å². The van der Waals surface area contributed by atoms with E-state index in [4.69, 9.17) is 4.74 Å². The van der Waals surface area contributed by atoms with Gasteiger partial charge in [0, 0.05) is 23.5 Å². The van der Waals surface area contributed by atoms with Crippen LogP contribution in [-0.4, -0.2) is 32.5 Å².